The fourth-order valence-corrected chi connectivity index (χ4v) is 4.42. The number of anilines is 1. The normalized spacial score (nSPS) is 11.6. The quantitative estimate of drug-likeness (QED) is 0.643. The molecule has 1 aromatic carbocycles. The van der Waals surface area contributed by atoms with E-state index in [1.165, 1.54) is 6.07 Å². The zero-order valence-corrected chi connectivity index (χ0v) is 16.8. The number of pyridine rings is 1. The predicted octanol–water partition coefficient (Wildman–Crippen LogP) is 3.33. The first-order valence-corrected chi connectivity index (χ1v) is 10.1. The number of rotatable bonds is 5. The van der Waals surface area contributed by atoms with Crippen molar-refractivity contribution in [3.05, 3.63) is 46.5 Å². The molecule has 2 N–H and O–H groups in total. The molecule has 0 radical (unpaired) electrons. The van der Waals surface area contributed by atoms with Gasteiger partial charge < -0.3 is 10.6 Å². The number of hydrogen-bond donors (Lipinski definition) is 1. The molecule has 1 amide bonds. The van der Waals surface area contributed by atoms with E-state index in [0.717, 1.165) is 27.0 Å². The molecule has 3 rings (SSSR count). The average molecular weight is 409 g/mol. The predicted molar refractivity (Wildman–Crippen MR) is 110 cm³/mol. The second kappa shape index (κ2) is 8.26. The summed E-state index contributed by atoms with van der Waals surface area (Å²) in [5.41, 5.74) is 7.02. The third kappa shape index (κ3) is 3.91. The lowest BCUT2D eigenvalue weighted by atomic mass is 10.2. The number of benzene rings is 1. The van der Waals surface area contributed by atoms with E-state index in [4.69, 9.17) is 11.0 Å². The molecule has 140 valence electrons. The van der Waals surface area contributed by atoms with Crippen molar-refractivity contribution < 1.29 is 4.79 Å². The van der Waals surface area contributed by atoms with Gasteiger partial charge in [0.15, 0.2) is 0 Å². The zero-order chi connectivity index (χ0) is 20.3. The Balaban J connectivity index is 1.72. The number of nitrogens with two attached hydrogens (primary N) is 1. The van der Waals surface area contributed by atoms with Gasteiger partial charge >= 0.3 is 0 Å². The third-order valence-electron chi connectivity index (χ3n) is 4.23. The third-order valence-corrected chi connectivity index (χ3v) is 6.42. The van der Waals surface area contributed by atoms with Crippen LogP contribution >= 0.6 is 23.1 Å². The van der Waals surface area contributed by atoms with Gasteiger partial charge in [0.2, 0.25) is 5.91 Å². The molecular formula is C19H16N6OS2. The molecule has 7 nitrogen and oxygen atoms in total. The van der Waals surface area contributed by atoms with Crippen LogP contribution in [0.15, 0.2) is 35.4 Å². The molecule has 2 heterocycles. The fourth-order valence-electron chi connectivity index (χ4n) is 2.47. The molecule has 1 atom stereocenters. The van der Waals surface area contributed by atoms with Crippen LogP contribution in [-0.4, -0.2) is 33.6 Å². The number of hydrogen-bond acceptors (Lipinski definition) is 8. The van der Waals surface area contributed by atoms with Crippen LogP contribution in [0.5, 0.6) is 0 Å². The molecule has 0 aliphatic rings. The van der Waals surface area contributed by atoms with Gasteiger partial charge in [-0.3, -0.25) is 4.79 Å². The van der Waals surface area contributed by atoms with Crippen molar-refractivity contribution in [3.63, 3.8) is 0 Å². The largest absolute Gasteiger partial charge is 0.383 e. The minimum absolute atomic E-state index is 0.0487. The van der Waals surface area contributed by atoms with Crippen LogP contribution in [0.25, 0.3) is 10.2 Å². The lowest BCUT2D eigenvalue weighted by Gasteiger charge is -2.23. The molecular weight excluding hydrogens is 392 g/mol. The summed E-state index contributed by atoms with van der Waals surface area (Å²) in [5.74, 6) is 0.0247. The van der Waals surface area contributed by atoms with Crippen molar-refractivity contribution in [2.24, 2.45) is 0 Å². The van der Waals surface area contributed by atoms with Crippen LogP contribution < -0.4 is 5.73 Å². The van der Waals surface area contributed by atoms with Crippen LogP contribution in [0.2, 0.25) is 0 Å². The molecule has 2 aromatic heterocycles. The Bertz CT molecular complexity index is 1090. The summed E-state index contributed by atoms with van der Waals surface area (Å²) >= 11 is 2.69. The van der Waals surface area contributed by atoms with Crippen molar-refractivity contribution in [2.45, 2.75) is 18.0 Å². The summed E-state index contributed by atoms with van der Waals surface area (Å²) in [6.07, 6.45) is 0. The van der Waals surface area contributed by atoms with Crippen molar-refractivity contribution >= 4 is 45.0 Å². The molecule has 0 spiro atoms. The highest BCUT2D eigenvalue weighted by Gasteiger charge is 2.21. The Morgan fingerprint density at radius 3 is 2.68 bits per heavy atom. The maximum absolute atomic E-state index is 12.6. The number of carbonyl (C=O) groups excluding carboxylic acids is 1. The number of para-hydroxylation sites is 1. The number of carbonyl (C=O) groups is 1. The number of nitriles is 2. The fraction of sp³-hybridized carbons (Fsp3) is 0.211. The Labute approximate surface area is 170 Å². The van der Waals surface area contributed by atoms with Crippen molar-refractivity contribution in [3.8, 4) is 12.1 Å². The van der Waals surface area contributed by atoms with E-state index >= 15 is 0 Å². The van der Waals surface area contributed by atoms with Crippen LogP contribution in [-0.2, 0) is 4.79 Å². The molecule has 9 heteroatoms. The first-order chi connectivity index (χ1) is 13.4. The highest BCUT2D eigenvalue weighted by Crippen LogP contribution is 2.30. The summed E-state index contributed by atoms with van der Waals surface area (Å²) in [4.78, 5) is 23.0. The van der Waals surface area contributed by atoms with E-state index in [2.05, 4.69) is 9.97 Å². The summed E-state index contributed by atoms with van der Waals surface area (Å²) < 4.78 is 1.08. The topological polar surface area (TPSA) is 120 Å². The maximum Gasteiger partial charge on any atom is 0.233 e. The average Bonchev–Trinajstić information content (AvgIpc) is 3.15. The lowest BCUT2D eigenvalue weighted by Crippen LogP contribution is -2.31. The number of thioether (sulfide) groups is 1. The Morgan fingerprint density at radius 1 is 1.29 bits per heavy atom. The highest BCUT2D eigenvalue weighted by atomic mass is 32.2. The number of fused-ring (bicyclic) bond motifs is 1. The van der Waals surface area contributed by atoms with E-state index in [9.17, 15) is 10.1 Å². The molecule has 0 aliphatic heterocycles. The summed E-state index contributed by atoms with van der Waals surface area (Å²) in [5, 5.41) is 19.4. The molecule has 3 aromatic rings. The van der Waals surface area contributed by atoms with Gasteiger partial charge in [0, 0.05) is 7.05 Å². The smallest absolute Gasteiger partial charge is 0.233 e. The van der Waals surface area contributed by atoms with Gasteiger partial charge in [-0.15, -0.1) is 11.3 Å². The van der Waals surface area contributed by atoms with Crippen LogP contribution in [0, 0.1) is 22.7 Å². The van der Waals surface area contributed by atoms with E-state index in [1.807, 2.05) is 43.3 Å². The van der Waals surface area contributed by atoms with E-state index in [0.29, 0.717) is 5.03 Å². The van der Waals surface area contributed by atoms with Crippen LogP contribution in [0.3, 0.4) is 0 Å². The SMILES string of the molecule is C[C@H](c1nc2ccccc2s1)N(C)C(=O)CSc1nc(N)c(C#N)cc1C#N. The maximum atomic E-state index is 12.6. The van der Waals surface area contributed by atoms with Crippen LogP contribution in [0.1, 0.15) is 29.1 Å². The summed E-state index contributed by atoms with van der Waals surface area (Å²) in [6.45, 7) is 1.93. The number of nitrogens with zero attached hydrogens (tertiary/aromatic N) is 5. The minimum Gasteiger partial charge on any atom is -0.383 e. The van der Waals surface area contributed by atoms with Gasteiger partial charge in [0.1, 0.15) is 28.0 Å². The van der Waals surface area contributed by atoms with Gasteiger partial charge in [0.25, 0.3) is 0 Å². The molecule has 0 aliphatic carbocycles. The summed E-state index contributed by atoms with van der Waals surface area (Å²) in [7, 11) is 1.73. The Hall–Kier alpha value is -3.14. The van der Waals surface area contributed by atoms with Gasteiger partial charge in [-0.1, -0.05) is 23.9 Å². The molecule has 0 unspecified atom stereocenters. The Morgan fingerprint density at radius 2 is 2.00 bits per heavy atom. The summed E-state index contributed by atoms with van der Waals surface area (Å²) in [6, 6.07) is 12.9. The molecule has 0 saturated heterocycles. The van der Waals surface area contributed by atoms with E-state index < -0.39 is 0 Å². The van der Waals surface area contributed by atoms with Gasteiger partial charge in [0.05, 0.1) is 33.1 Å². The molecule has 0 saturated carbocycles. The molecule has 28 heavy (non-hydrogen) atoms. The lowest BCUT2D eigenvalue weighted by molar-refractivity contribution is -0.128. The Kier molecular flexibility index (Phi) is 5.78. The minimum atomic E-state index is -0.181. The first-order valence-electron chi connectivity index (χ1n) is 8.29. The standard InChI is InChI=1S/C19H16N6OS2/c1-11(18-23-14-5-3-4-6-15(14)28-18)25(2)16(26)10-27-19-13(9-21)7-12(8-20)17(22)24-19/h3-7,11H,10H2,1-2H3,(H2,22,24)/t11-/m1/s1. The van der Waals surface area contributed by atoms with Crippen molar-refractivity contribution in [1.29, 1.82) is 10.5 Å². The number of thiazole rings is 1. The molecule has 0 bridgehead atoms. The second-order valence-corrected chi connectivity index (χ2v) is 8.01. The van der Waals surface area contributed by atoms with Gasteiger partial charge in [-0.05, 0) is 25.1 Å². The van der Waals surface area contributed by atoms with Gasteiger partial charge in [-0.2, -0.15) is 10.5 Å². The van der Waals surface area contributed by atoms with E-state index in [1.54, 1.807) is 23.3 Å². The number of amides is 1. The van der Waals surface area contributed by atoms with Gasteiger partial charge in [-0.25, -0.2) is 9.97 Å². The monoisotopic (exact) mass is 408 g/mol. The second-order valence-electron chi connectivity index (χ2n) is 5.99. The molecule has 0 fully saturated rings. The van der Waals surface area contributed by atoms with Crippen molar-refractivity contribution in [2.75, 3.05) is 18.5 Å². The van der Waals surface area contributed by atoms with E-state index in [-0.39, 0.29) is 34.6 Å². The number of aromatic nitrogens is 2. The number of nitrogen functional groups attached to an aromatic ring is 1. The van der Waals surface area contributed by atoms with Crippen molar-refractivity contribution in [1.82, 2.24) is 14.9 Å². The first kappa shape index (κ1) is 19.6. The van der Waals surface area contributed by atoms with Crippen LogP contribution in [0.4, 0.5) is 5.82 Å². The zero-order valence-electron chi connectivity index (χ0n) is 15.2. The highest BCUT2D eigenvalue weighted by molar-refractivity contribution is 8.00.